The number of aromatic nitrogens is 3. The predicted octanol–water partition coefficient (Wildman–Crippen LogP) is 4.59. The van der Waals surface area contributed by atoms with Gasteiger partial charge < -0.3 is 19.3 Å². The zero-order chi connectivity index (χ0) is 22.8. The van der Waals surface area contributed by atoms with Gasteiger partial charge in [0.25, 0.3) is 0 Å². The summed E-state index contributed by atoms with van der Waals surface area (Å²) in [7, 11) is 1.42. The summed E-state index contributed by atoms with van der Waals surface area (Å²) in [5, 5.41) is 9.34. The smallest absolute Gasteiger partial charge is 0.207 e. The van der Waals surface area contributed by atoms with E-state index in [1.165, 1.54) is 7.11 Å². The number of nitrogens with zero attached hydrogens (tertiary/aromatic N) is 3. The highest BCUT2D eigenvalue weighted by atomic mass is 19.1. The van der Waals surface area contributed by atoms with Crippen molar-refractivity contribution in [2.45, 2.75) is 24.9 Å². The molecule has 1 aliphatic rings. The molecule has 3 heterocycles. The van der Waals surface area contributed by atoms with Crippen molar-refractivity contribution in [1.29, 1.82) is 0 Å². The molecule has 1 saturated heterocycles. The second kappa shape index (κ2) is 9.17. The van der Waals surface area contributed by atoms with Gasteiger partial charge in [0, 0.05) is 23.9 Å². The molecule has 2 unspecified atom stereocenters. The predicted molar refractivity (Wildman–Crippen MR) is 120 cm³/mol. The fourth-order valence-corrected chi connectivity index (χ4v) is 4.15. The number of aliphatic hydroxyl groups excluding tert-OH is 1. The summed E-state index contributed by atoms with van der Waals surface area (Å²) < 4.78 is 33.0. The van der Waals surface area contributed by atoms with Gasteiger partial charge in [-0.3, -0.25) is 9.38 Å². The van der Waals surface area contributed by atoms with Crippen LogP contribution in [-0.2, 0) is 4.74 Å². The molecule has 5 rings (SSSR count). The van der Waals surface area contributed by atoms with E-state index in [2.05, 4.69) is 4.98 Å². The molecule has 0 amide bonds. The quantitative estimate of drug-likeness (QED) is 0.464. The lowest BCUT2D eigenvalue weighted by Crippen LogP contribution is -2.28. The molecule has 33 heavy (non-hydrogen) atoms. The standard InChI is InChI=1S/C25H24FN3O4/c1-31-21-3-2-4-22(23(21)26)33-18-8-5-16(6-9-18)24-20-13-27-11-12-29(20)25(28-24)17-7-10-19(14-30)32-15-17/h2-6,8-9,11-13,17,19,30H,7,10,14-15H2,1H3. The number of imidazole rings is 1. The van der Waals surface area contributed by atoms with Gasteiger partial charge in [-0.05, 0) is 49.2 Å². The number of benzene rings is 2. The minimum atomic E-state index is -0.543. The van der Waals surface area contributed by atoms with Crippen molar-refractivity contribution in [3.8, 4) is 28.5 Å². The van der Waals surface area contributed by atoms with Crippen LogP contribution in [0, 0.1) is 5.82 Å². The van der Waals surface area contributed by atoms with Crippen LogP contribution in [0.3, 0.4) is 0 Å². The average Bonchev–Trinajstić information content (AvgIpc) is 3.25. The van der Waals surface area contributed by atoms with Crippen molar-refractivity contribution in [1.82, 2.24) is 14.4 Å². The number of aliphatic hydroxyl groups is 1. The van der Waals surface area contributed by atoms with Crippen LogP contribution in [0.4, 0.5) is 4.39 Å². The van der Waals surface area contributed by atoms with Crippen molar-refractivity contribution in [2.75, 3.05) is 20.3 Å². The summed E-state index contributed by atoms with van der Waals surface area (Å²) in [6.45, 7) is 0.559. The van der Waals surface area contributed by atoms with Gasteiger partial charge in [-0.15, -0.1) is 0 Å². The van der Waals surface area contributed by atoms with Gasteiger partial charge in [0.15, 0.2) is 11.5 Å². The summed E-state index contributed by atoms with van der Waals surface area (Å²) in [5.74, 6) is 1.24. The van der Waals surface area contributed by atoms with Gasteiger partial charge in [-0.2, -0.15) is 4.39 Å². The third-order valence-corrected chi connectivity index (χ3v) is 5.92. The van der Waals surface area contributed by atoms with Crippen LogP contribution in [0.25, 0.3) is 16.8 Å². The Labute approximate surface area is 190 Å². The first-order valence-corrected chi connectivity index (χ1v) is 10.8. The molecule has 0 aliphatic carbocycles. The largest absolute Gasteiger partial charge is 0.494 e. The molecule has 170 valence electrons. The SMILES string of the molecule is COc1cccc(Oc2ccc(-c3nc(C4CCC(CO)OC4)n4ccncc34)cc2)c1F. The van der Waals surface area contributed by atoms with E-state index < -0.39 is 5.82 Å². The highest BCUT2D eigenvalue weighted by molar-refractivity contribution is 5.77. The van der Waals surface area contributed by atoms with E-state index in [0.717, 1.165) is 35.4 Å². The molecule has 2 atom stereocenters. The van der Waals surface area contributed by atoms with Crippen LogP contribution >= 0.6 is 0 Å². The second-order valence-electron chi connectivity index (χ2n) is 7.96. The molecule has 4 aromatic rings. The fraction of sp³-hybridized carbons (Fsp3) is 0.280. The van der Waals surface area contributed by atoms with Crippen molar-refractivity contribution < 1.29 is 23.7 Å². The first-order chi connectivity index (χ1) is 16.2. The van der Waals surface area contributed by atoms with Crippen molar-refractivity contribution in [2.24, 2.45) is 0 Å². The van der Waals surface area contributed by atoms with Crippen molar-refractivity contribution in [3.05, 3.63) is 72.7 Å². The first-order valence-electron chi connectivity index (χ1n) is 10.8. The van der Waals surface area contributed by atoms with E-state index >= 15 is 0 Å². The Morgan fingerprint density at radius 3 is 2.70 bits per heavy atom. The Kier molecular flexibility index (Phi) is 5.93. The fourth-order valence-electron chi connectivity index (χ4n) is 4.15. The maximum Gasteiger partial charge on any atom is 0.207 e. The normalized spacial score (nSPS) is 18.4. The molecule has 1 fully saturated rings. The van der Waals surface area contributed by atoms with E-state index in [1.807, 2.05) is 22.7 Å². The zero-order valence-corrected chi connectivity index (χ0v) is 18.1. The molecular weight excluding hydrogens is 425 g/mol. The molecule has 8 heteroatoms. The van der Waals surface area contributed by atoms with Crippen molar-refractivity contribution in [3.63, 3.8) is 0 Å². The van der Waals surface area contributed by atoms with Gasteiger partial charge >= 0.3 is 0 Å². The first kappa shape index (κ1) is 21.4. The van der Waals surface area contributed by atoms with E-state index in [4.69, 9.17) is 19.2 Å². The lowest BCUT2D eigenvalue weighted by atomic mass is 9.98. The Bertz CT molecular complexity index is 1250. The zero-order valence-electron chi connectivity index (χ0n) is 18.1. The summed E-state index contributed by atoms with van der Waals surface area (Å²) in [6.07, 6.45) is 7.02. The maximum absolute atomic E-state index is 14.4. The van der Waals surface area contributed by atoms with E-state index in [0.29, 0.717) is 12.4 Å². The minimum absolute atomic E-state index is 0.0400. The third kappa shape index (κ3) is 4.15. The van der Waals surface area contributed by atoms with Crippen LogP contribution in [-0.4, -0.2) is 45.9 Å². The third-order valence-electron chi connectivity index (χ3n) is 5.92. The molecule has 1 N–H and O–H groups in total. The highest BCUT2D eigenvalue weighted by Crippen LogP contribution is 2.34. The van der Waals surface area contributed by atoms with Crippen LogP contribution in [0.2, 0.25) is 0 Å². The highest BCUT2D eigenvalue weighted by Gasteiger charge is 2.27. The van der Waals surface area contributed by atoms with Gasteiger partial charge in [0.1, 0.15) is 11.6 Å². The Balaban J connectivity index is 1.43. The summed E-state index contributed by atoms with van der Waals surface area (Å²) in [4.78, 5) is 9.23. The molecule has 2 aromatic carbocycles. The molecule has 7 nitrogen and oxygen atoms in total. The molecule has 2 aromatic heterocycles. The van der Waals surface area contributed by atoms with Gasteiger partial charge in [-0.25, -0.2) is 4.98 Å². The number of halogens is 1. The average molecular weight is 449 g/mol. The summed E-state index contributed by atoms with van der Waals surface area (Å²) >= 11 is 0. The molecule has 0 saturated carbocycles. The van der Waals surface area contributed by atoms with Crippen LogP contribution in [0.15, 0.2) is 61.1 Å². The number of methoxy groups -OCH3 is 1. The van der Waals surface area contributed by atoms with E-state index in [1.54, 1.807) is 42.7 Å². The van der Waals surface area contributed by atoms with Gasteiger partial charge in [0.2, 0.25) is 5.82 Å². The lowest BCUT2D eigenvalue weighted by molar-refractivity contribution is -0.0282. The Morgan fingerprint density at radius 1 is 1.15 bits per heavy atom. The number of hydrogen-bond donors (Lipinski definition) is 1. The molecule has 0 radical (unpaired) electrons. The second-order valence-corrected chi connectivity index (χ2v) is 7.96. The monoisotopic (exact) mass is 449 g/mol. The van der Waals surface area contributed by atoms with Gasteiger partial charge in [-0.1, -0.05) is 6.07 Å². The van der Waals surface area contributed by atoms with E-state index in [-0.39, 0.29) is 30.1 Å². The lowest BCUT2D eigenvalue weighted by Gasteiger charge is -2.27. The Hall–Kier alpha value is -3.49. The summed E-state index contributed by atoms with van der Waals surface area (Å²) in [5.41, 5.74) is 2.60. The number of hydrogen-bond acceptors (Lipinski definition) is 6. The maximum atomic E-state index is 14.4. The van der Waals surface area contributed by atoms with Crippen LogP contribution in [0.5, 0.6) is 17.2 Å². The minimum Gasteiger partial charge on any atom is -0.494 e. The molecule has 0 bridgehead atoms. The molecular formula is C25H24FN3O4. The van der Waals surface area contributed by atoms with Crippen LogP contribution in [0.1, 0.15) is 24.6 Å². The van der Waals surface area contributed by atoms with Crippen molar-refractivity contribution >= 4 is 5.52 Å². The molecule has 0 spiro atoms. The topological polar surface area (TPSA) is 78.1 Å². The Morgan fingerprint density at radius 2 is 1.97 bits per heavy atom. The van der Waals surface area contributed by atoms with Crippen LogP contribution < -0.4 is 9.47 Å². The number of fused-ring (bicyclic) bond motifs is 1. The van der Waals surface area contributed by atoms with Gasteiger partial charge in [0.05, 0.1) is 43.8 Å². The number of rotatable bonds is 6. The number of ether oxygens (including phenoxy) is 3. The molecule has 1 aliphatic heterocycles. The summed E-state index contributed by atoms with van der Waals surface area (Å²) in [6, 6.07) is 12.1. The van der Waals surface area contributed by atoms with E-state index in [9.17, 15) is 9.50 Å².